The molecule has 0 radical (unpaired) electrons. The van der Waals surface area contributed by atoms with Gasteiger partial charge in [-0.3, -0.25) is 4.79 Å². The van der Waals surface area contributed by atoms with E-state index in [4.69, 9.17) is 4.74 Å². The van der Waals surface area contributed by atoms with Crippen molar-refractivity contribution in [3.63, 3.8) is 0 Å². The maximum Gasteiger partial charge on any atom is 0.233 e. The second kappa shape index (κ2) is 7.11. The molecule has 1 fully saturated rings. The van der Waals surface area contributed by atoms with Crippen LogP contribution in [0.25, 0.3) is 22.1 Å². The summed E-state index contributed by atoms with van der Waals surface area (Å²) in [6.07, 6.45) is 3.37. The van der Waals surface area contributed by atoms with Crippen molar-refractivity contribution in [2.45, 2.75) is 37.4 Å². The molecule has 1 aliphatic rings. The molecule has 0 spiro atoms. The lowest BCUT2D eigenvalue weighted by molar-refractivity contribution is -0.131. The van der Waals surface area contributed by atoms with Crippen LogP contribution in [0, 0.1) is 0 Å². The van der Waals surface area contributed by atoms with E-state index in [-0.39, 0.29) is 5.91 Å². The molecular formula is C18H21N5O2S. The SMILES string of the molecule is COc1ccc2[nH]c3nc(SCC(=O)N4CCCCC4C)nnc3c2c1. The number of thioether (sulfide) groups is 1. The number of hydrogen-bond donors (Lipinski definition) is 1. The number of piperidine rings is 1. The van der Waals surface area contributed by atoms with E-state index in [0.717, 1.165) is 36.0 Å². The molecule has 1 atom stereocenters. The smallest absolute Gasteiger partial charge is 0.233 e. The van der Waals surface area contributed by atoms with Gasteiger partial charge in [-0.05, 0) is 44.4 Å². The molecule has 0 saturated carbocycles. The van der Waals surface area contributed by atoms with Crippen LogP contribution in [0.2, 0.25) is 0 Å². The Morgan fingerprint density at radius 2 is 2.27 bits per heavy atom. The van der Waals surface area contributed by atoms with Gasteiger partial charge in [0.15, 0.2) is 5.65 Å². The number of nitrogens with one attached hydrogen (secondary N) is 1. The van der Waals surface area contributed by atoms with Gasteiger partial charge in [-0.25, -0.2) is 4.98 Å². The molecule has 1 aliphatic heterocycles. The first-order chi connectivity index (χ1) is 12.7. The van der Waals surface area contributed by atoms with Crippen molar-refractivity contribution in [3.05, 3.63) is 18.2 Å². The number of aromatic nitrogens is 4. The maximum atomic E-state index is 12.5. The van der Waals surface area contributed by atoms with Crippen molar-refractivity contribution < 1.29 is 9.53 Å². The number of H-pyrrole nitrogens is 1. The topological polar surface area (TPSA) is 84.0 Å². The van der Waals surface area contributed by atoms with Gasteiger partial charge >= 0.3 is 0 Å². The van der Waals surface area contributed by atoms with Crippen molar-refractivity contribution in [1.29, 1.82) is 0 Å². The van der Waals surface area contributed by atoms with Crippen LogP contribution in [0.5, 0.6) is 5.75 Å². The van der Waals surface area contributed by atoms with Gasteiger partial charge in [0.05, 0.1) is 12.9 Å². The van der Waals surface area contributed by atoms with Crippen LogP contribution in [-0.2, 0) is 4.79 Å². The Hall–Kier alpha value is -2.35. The summed E-state index contributed by atoms with van der Waals surface area (Å²) in [5.41, 5.74) is 2.31. The van der Waals surface area contributed by atoms with Crippen LogP contribution in [0.3, 0.4) is 0 Å². The molecule has 1 aromatic carbocycles. The zero-order chi connectivity index (χ0) is 18.1. The first-order valence-corrected chi connectivity index (χ1v) is 9.76. The minimum absolute atomic E-state index is 0.146. The van der Waals surface area contributed by atoms with Crippen molar-refractivity contribution in [1.82, 2.24) is 25.1 Å². The van der Waals surface area contributed by atoms with Crippen LogP contribution in [0.4, 0.5) is 0 Å². The van der Waals surface area contributed by atoms with Crippen LogP contribution in [0.1, 0.15) is 26.2 Å². The first-order valence-electron chi connectivity index (χ1n) is 8.78. The number of carbonyl (C=O) groups excluding carboxylic acids is 1. The van der Waals surface area contributed by atoms with Gasteiger partial charge in [0, 0.05) is 23.5 Å². The van der Waals surface area contributed by atoms with E-state index in [1.165, 1.54) is 18.2 Å². The van der Waals surface area contributed by atoms with E-state index in [2.05, 4.69) is 27.1 Å². The van der Waals surface area contributed by atoms with Gasteiger partial charge < -0.3 is 14.6 Å². The van der Waals surface area contributed by atoms with Crippen LogP contribution < -0.4 is 4.74 Å². The van der Waals surface area contributed by atoms with Crippen molar-refractivity contribution in [2.24, 2.45) is 0 Å². The van der Waals surface area contributed by atoms with Gasteiger partial charge in [0.2, 0.25) is 11.1 Å². The highest BCUT2D eigenvalue weighted by Crippen LogP contribution is 2.27. The van der Waals surface area contributed by atoms with Gasteiger partial charge in [0.1, 0.15) is 11.3 Å². The minimum atomic E-state index is 0.146. The normalized spacial score (nSPS) is 17.8. The number of benzene rings is 1. The molecule has 4 rings (SSSR count). The molecule has 7 nitrogen and oxygen atoms in total. The van der Waals surface area contributed by atoms with Gasteiger partial charge in [-0.15, -0.1) is 10.2 Å². The van der Waals surface area contributed by atoms with E-state index in [9.17, 15) is 4.79 Å². The van der Waals surface area contributed by atoms with E-state index in [1.54, 1.807) is 7.11 Å². The number of methoxy groups -OCH3 is 1. The largest absolute Gasteiger partial charge is 0.497 e. The third kappa shape index (κ3) is 3.21. The summed E-state index contributed by atoms with van der Waals surface area (Å²) in [4.78, 5) is 22.2. The maximum absolute atomic E-state index is 12.5. The Morgan fingerprint density at radius 1 is 1.38 bits per heavy atom. The zero-order valence-electron chi connectivity index (χ0n) is 14.9. The first kappa shape index (κ1) is 17.1. The summed E-state index contributed by atoms with van der Waals surface area (Å²) >= 11 is 1.34. The van der Waals surface area contributed by atoms with Crippen molar-refractivity contribution in [2.75, 3.05) is 19.4 Å². The minimum Gasteiger partial charge on any atom is -0.497 e. The molecule has 3 heterocycles. The number of carbonyl (C=O) groups is 1. The van der Waals surface area contributed by atoms with E-state index in [1.807, 2.05) is 23.1 Å². The summed E-state index contributed by atoms with van der Waals surface area (Å²) in [5, 5.41) is 9.93. The fourth-order valence-corrected chi connectivity index (χ4v) is 4.07. The molecule has 3 aromatic rings. The van der Waals surface area contributed by atoms with Crippen LogP contribution in [-0.4, -0.2) is 56.4 Å². The number of ether oxygens (including phenoxy) is 1. The number of likely N-dealkylation sites (tertiary alicyclic amines) is 1. The fourth-order valence-electron chi connectivity index (χ4n) is 3.40. The van der Waals surface area contributed by atoms with Crippen LogP contribution >= 0.6 is 11.8 Å². The van der Waals surface area contributed by atoms with Crippen LogP contribution in [0.15, 0.2) is 23.4 Å². The molecule has 1 amide bonds. The van der Waals surface area contributed by atoms with Crippen molar-refractivity contribution in [3.8, 4) is 5.75 Å². The van der Waals surface area contributed by atoms with E-state index < -0.39 is 0 Å². The number of nitrogens with zero attached hydrogens (tertiary/aromatic N) is 4. The highest BCUT2D eigenvalue weighted by Gasteiger charge is 2.23. The Labute approximate surface area is 155 Å². The summed E-state index contributed by atoms with van der Waals surface area (Å²) in [6.45, 7) is 2.97. The third-order valence-electron chi connectivity index (χ3n) is 4.85. The summed E-state index contributed by atoms with van der Waals surface area (Å²) in [5.74, 6) is 1.25. The Kier molecular flexibility index (Phi) is 4.67. The average Bonchev–Trinajstić information content (AvgIpc) is 3.03. The number of amides is 1. The highest BCUT2D eigenvalue weighted by molar-refractivity contribution is 7.99. The number of fused-ring (bicyclic) bond motifs is 3. The second-order valence-corrected chi connectivity index (χ2v) is 7.49. The molecule has 26 heavy (non-hydrogen) atoms. The Balaban J connectivity index is 1.52. The predicted molar refractivity (Wildman–Crippen MR) is 101 cm³/mol. The lowest BCUT2D eigenvalue weighted by atomic mass is 10.0. The van der Waals surface area contributed by atoms with Gasteiger partial charge in [-0.2, -0.15) is 0 Å². The summed E-state index contributed by atoms with van der Waals surface area (Å²) in [7, 11) is 1.63. The number of rotatable bonds is 4. The van der Waals surface area contributed by atoms with Gasteiger partial charge in [-0.1, -0.05) is 11.8 Å². The molecule has 1 N–H and O–H groups in total. The molecule has 1 saturated heterocycles. The van der Waals surface area contributed by atoms with E-state index >= 15 is 0 Å². The number of aromatic amines is 1. The highest BCUT2D eigenvalue weighted by atomic mass is 32.2. The number of hydrogen-bond acceptors (Lipinski definition) is 6. The second-order valence-electron chi connectivity index (χ2n) is 6.55. The summed E-state index contributed by atoms with van der Waals surface area (Å²) < 4.78 is 5.27. The zero-order valence-corrected chi connectivity index (χ0v) is 15.7. The molecule has 0 aliphatic carbocycles. The summed E-state index contributed by atoms with van der Waals surface area (Å²) in [6, 6.07) is 6.06. The average molecular weight is 371 g/mol. The Morgan fingerprint density at radius 3 is 3.08 bits per heavy atom. The lowest BCUT2D eigenvalue weighted by Crippen LogP contribution is -2.42. The van der Waals surface area contributed by atoms with E-state index in [0.29, 0.717) is 28.1 Å². The van der Waals surface area contributed by atoms with Gasteiger partial charge in [0.25, 0.3) is 0 Å². The third-order valence-corrected chi connectivity index (χ3v) is 5.67. The monoisotopic (exact) mass is 371 g/mol. The molecule has 8 heteroatoms. The fraction of sp³-hybridized carbons (Fsp3) is 0.444. The molecular weight excluding hydrogens is 350 g/mol. The molecule has 2 aromatic heterocycles. The molecule has 0 bridgehead atoms. The molecule has 136 valence electrons. The predicted octanol–water partition coefficient (Wildman–Crippen LogP) is 3.01. The Bertz CT molecular complexity index is 957. The lowest BCUT2D eigenvalue weighted by Gasteiger charge is -2.33. The standard InChI is InChI=1S/C18H21N5O2S/c1-11-5-3-4-8-23(11)15(24)10-26-18-20-17-16(21-22-18)13-9-12(25-2)6-7-14(13)19-17/h6-7,9,11H,3-5,8,10H2,1-2H3,(H,19,20,22). The van der Waals surface area contributed by atoms with Crippen molar-refractivity contribution >= 4 is 39.7 Å². The quantitative estimate of drug-likeness (QED) is 0.710. The molecule has 1 unspecified atom stereocenters.